The van der Waals surface area contributed by atoms with Gasteiger partial charge in [-0.2, -0.15) is 0 Å². The zero-order valence-corrected chi connectivity index (χ0v) is 8.72. The van der Waals surface area contributed by atoms with Gasteiger partial charge in [0.05, 0.1) is 0 Å². The zero-order chi connectivity index (χ0) is 10.3. The molecule has 0 bridgehead atoms. The average Bonchev–Trinajstić information content (AvgIpc) is 1.94. The van der Waals surface area contributed by atoms with E-state index in [1.807, 2.05) is 6.92 Å². The number of rotatable bonds is 4. The first-order valence-electron chi connectivity index (χ1n) is 4.38. The van der Waals surface area contributed by atoms with Crippen molar-refractivity contribution in [1.82, 2.24) is 5.32 Å². The molecule has 77 valence electrons. The van der Waals surface area contributed by atoms with Gasteiger partial charge in [-0.3, -0.25) is 5.32 Å². The molecule has 13 heavy (non-hydrogen) atoms. The number of ether oxygens (including phenoxy) is 2. The van der Waals surface area contributed by atoms with Crippen LogP contribution in [0.5, 0.6) is 0 Å². The molecule has 0 saturated carbocycles. The maximum Gasteiger partial charge on any atom is 0.409 e. The standard InChI is InChI=1S/C9H18NO3/c1-5-6-12-7-10-8(11)13-9(2,3)4/h7H,5-6H2,1-4H3,(H,10,11). The summed E-state index contributed by atoms with van der Waals surface area (Å²) in [5.74, 6) is 0. The molecule has 1 N–H and O–H groups in total. The Hall–Kier alpha value is -0.770. The molecule has 4 heteroatoms. The minimum atomic E-state index is -0.497. The minimum Gasteiger partial charge on any atom is -0.444 e. The summed E-state index contributed by atoms with van der Waals surface area (Å²) in [7, 11) is 0. The van der Waals surface area contributed by atoms with Crippen molar-refractivity contribution in [1.29, 1.82) is 0 Å². The van der Waals surface area contributed by atoms with E-state index < -0.39 is 11.7 Å². The van der Waals surface area contributed by atoms with Gasteiger partial charge in [-0.1, -0.05) is 6.92 Å². The lowest BCUT2D eigenvalue weighted by Gasteiger charge is -2.19. The Kier molecular flexibility index (Phi) is 5.46. The zero-order valence-electron chi connectivity index (χ0n) is 8.72. The average molecular weight is 188 g/mol. The lowest BCUT2D eigenvalue weighted by Crippen LogP contribution is -2.31. The Morgan fingerprint density at radius 2 is 2.08 bits per heavy atom. The molecule has 0 unspecified atom stereocenters. The van der Waals surface area contributed by atoms with Crippen LogP contribution in [0.15, 0.2) is 0 Å². The van der Waals surface area contributed by atoms with Gasteiger partial charge in [0.1, 0.15) is 5.60 Å². The number of amides is 1. The normalized spacial score (nSPS) is 11.1. The van der Waals surface area contributed by atoms with Crippen molar-refractivity contribution in [3.63, 3.8) is 0 Å². The van der Waals surface area contributed by atoms with Gasteiger partial charge in [-0.25, -0.2) is 4.79 Å². The third-order valence-corrected chi connectivity index (χ3v) is 0.981. The smallest absolute Gasteiger partial charge is 0.409 e. The van der Waals surface area contributed by atoms with E-state index in [1.54, 1.807) is 20.8 Å². The number of alkyl carbamates (subject to hydrolysis) is 1. The summed E-state index contributed by atoms with van der Waals surface area (Å²) in [6.07, 6.45) is 0.413. The monoisotopic (exact) mass is 188 g/mol. The fourth-order valence-electron chi connectivity index (χ4n) is 0.574. The molecule has 0 heterocycles. The summed E-state index contributed by atoms with van der Waals surface area (Å²) in [5.41, 5.74) is -0.470. The second-order valence-electron chi connectivity index (χ2n) is 3.63. The quantitative estimate of drug-likeness (QED) is 0.687. The molecule has 0 spiro atoms. The van der Waals surface area contributed by atoms with E-state index in [4.69, 9.17) is 9.47 Å². The summed E-state index contributed by atoms with van der Waals surface area (Å²) in [4.78, 5) is 11.0. The minimum absolute atomic E-state index is 0.470. The number of carbonyl (C=O) groups excluding carboxylic acids is 1. The van der Waals surface area contributed by atoms with Crippen LogP contribution < -0.4 is 5.32 Å². The molecule has 0 aromatic carbocycles. The van der Waals surface area contributed by atoms with Crippen LogP contribution >= 0.6 is 0 Å². The number of carbonyl (C=O) groups is 1. The lowest BCUT2D eigenvalue weighted by atomic mass is 10.2. The number of nitrogens with one attached hydrogen (secondary N) is 1. The molecule has 0 fully saturated rings. The molecule has 0 aliphatic carbocycles. The van der Waals surface area contributed by atoms with Crippen LogP contribution in [0, 0.1) is 6.73 Å². The van der Waals surface area contributed by atoms with Crippen molar-refractivity contribution in [2.45, 2.75) is 39.7 Å². The van der Waals surface area contributed by atoms with Gasteiger partial charge < -0.3 is 9.47 Å². The van der Waals surface area contributed by atoms with Gasteiger partial charge in [0.2, 0.25) is 0 Å². The SMILES string of the molecule is CCCO[CH]NC(=O)OC(C)(C)C. The Bertz CT molecular complexity index is 151. The lowest BCUT2D eigenvalue weighted by molar-refractivity contribution is 0.0483. The van der Waals surface area contributed by atoms with Crippen molar-refractivity contribution in [2.24, 2.45) is 0 Å². The van der Waals surface area contributed by atoms with Gasteiger partial charge in [0, 0.05) is 6.61 Å². The van der Waals surface area contributed by atoms with Gasteiger partial charge in [0.25, 0.3) is 0 Å². The van der Waals surface area contributed by atoms with Crippen LogP contribution in [-0.4, -0.2) is 18.3 Å². The molecule has 0 rings (SSSR count). The van der Waals surface area contributed by atoms with Crippen LogP contribution in [0.25, 0.3) is 0 Å². The third kappa shape index (κ3) is 9.14. The van der Waals surface area contributed by atoms with E-state index in [1.165, 1.54) is 6.73 Å². The van der Waals surface area contributed by atoms with Crippen molar-refractivity contribution in [2.75, 3.05) is 6.61 Å². The molecule has 0 atom stereocenters. The molecular weight excluding hydrogens is 170 g/mol. The largest absolute Gasteiger partial charge is 0.444 e. The van der Waals surface area contributed by atoms with E-state index in [-0.39, 0.29) is 0 Å². The highest BCUT2D eigenvalue weighted by molar-refractivity contribution is 5.68. The highest BCUT2D eigenvalue weighted by Crippen LogP contribution is 2.06. The second kappa shape index (κ2) is 5.80. The topological polar surface area (TPSA) is 47.6 Å². The van der Waals surface area contributed by atoms with E-state index >= 15 is 0 Å². The van der Waals surface area contributed by atoms with E-state index in [9.17, 15) is 4.79 Å². The Morgan fingerprint density at radius 3 is 2.54 bits per heavy atom. The van der Waals surface area contributed by atoms with Crippen molar-refractivity contribution in [3.05, 3.63) is 6.73 Å². The maximum absolute atomic E-state index is 11.0. The molecule has 0 saturated heterocycles. The molecule has 0 aromatic heterocycles. The highest BCUT2D eigenvalue weighted by Gasteiger charge is 2.15. The molecule has 0 aromatic rings. The Labute approximate surface area is 79.6 Å². The van der Waals surface area contributed by atoms with Crippen molar-refractivity contribution < 1.29 is 14.3 Å². The fraction of sp³-hybridized carbons (Fsp3) is 0.778. The molecule has 1 amide bonds. The molecule has 1 radical (unpaired) electrons. The maximum atomic E-state index is 11.0. The van der Waals surface area contributed by atoms with Crippen LogP contribution in [0.2, 0.25) is 0 Å². The summed E-state index contributed by atoms with van der Waals surface area (Å²) < 4.78 is 9.89. The molecule has 0 aliphatic rings. The third-order valence-electron chi connectivity index (χ3n) is 0.981. The van der Waals surface area contributed by atoms with E-state index in [0.29, 0.717) is 6.61 Å². The van der Waals surface area contributed by atoms with Gasteiger partial charge in [-0.15, -0.1) is 0 Å². The van der Waals surface area contributed by atoms with Crippen molar-refractivity contribution in [3.8, 4) is 0 Å². The molecule has 4 nitrogen and oxygen atoms in total. The predicted molar refractivity (Wildman–Crippen MR) is 49.9 cm³/mol. The van der Waals surface area contributed by atoms with Crippen molar-refractivity contribution >= 4 is 6.09 Å². The van der Waals surface area contributed by atoms with Gasteiger partial charge in [-0.05, 0) is 27.2 Å². The highest BCUT2D eigenvalue weighted by atomic mass is 16.6. The summed E-state index contributed by atoms with van der Waals surface area (Å²) in [6, 6.07) is 0. The second-order valence-corrected chi connectivity index (χ2v) is 3.63. The molecule has 0 aliphatic heterocycles. The number of hydrogen-bond acceptors (Lipinski definition) is 3. The first-order chi connectivity index (χ1) is 5.95. The van der Waals surface area contributed by atoms with Gasteiger partial charge in [0.15, 0.2) is 6.73 Å². The molecular formula is C9H18NO3. The van der Waals surface area contributed by atoms with Crippen LogP contribution in [0.4, 0.5) is 4.79 Å². The Balaban J connectivity index is 3.41. The van der Waals surface area contributed by atoms with Crippen LogP contribution in [0.1, 0.15) is 34.1 Å². The first-order valence-corrected chi connectivity index (χ1v) is 4.38. The number of hydrogen-bond donors (Lipinski definition) is 1. The summed E-state index contributed by atoms with van der Waals surface area (Å²) >= 11 is 0. The summed E-state index contributed by atoms with van der Waals surface area (Å²) in [6.45, 7) is 9.24. The summed E-state index contributed by atoms with van der Waals surface area (Å²) in [5, 5.41) is 2.37. The van der Waals surface area contributed by atoms with Gasteiger partial charge >= 0.3 is 6.09 Å². The first kappa shape index (κ1) is 12.2. The fourth-order valence-corrected chi connectivity index (χ4v) is 0.574. The van der Waals surface area contributed by atoms with Crippen LogP contribution in [0.3, 0.4) is 0 Å². The predicted octanol–water partition coefficient (Wildman–Crippen LogP) is 2.06. The van der Waals surface area contributed by atoms with E-state index in [0.717, 1.165) is 6.42 Å². The Morgan fingerprint density at radius 1 is 1.46 bits per heavy atom. The van der Waals surface area contributed by atoms with Crippen LogP contribution in [-0.2, 0) is 9.47 Å². The van der Waals surface area contributed by atoms with E-state index in [2.05, 4.69) is 5.32 Å².